The van der Waals surface area contributed by atoms with Crippen molar-refractivity contribution < 1.29 is 4.79 Å². The Balaban J connectivity index is 1.82. The van der Waals surface area contributed by atoms with Gasteiger partial charge in [0.15, 0.2) is 0 Å². The van der Waals surface area contributed by atoms with Crippen LogP contribution in [0.15, 0.2) is 42.5 Å². The molecule has 2 N–H and O–H groups in total. The summed E-state index contributed by atoms with van der Waals surface area (Å²) < 4.78 is 0. The number of halogens is 2. The fraction of sp³-hybridized carbons (Fsp3) is 0.125. The van der Waals surface area contributed by atoms with Crippen LogP contribution in [0.3, 0.4) is 0 Å². The van der Waals surface area contributed by atoms with E-state index in [-0.39, 0.29) is 12.3 Å². The maximum Gasteiger partial charge on any atom is 0.226 e. The summed E-state index contributed by atoms with van der Waals surface area (Å²) in [7, 11) is 0. The van der Waals surface area contributed by atoms with E-state index < -0.39 is 0 Å². The van der Waals surface area contributed by atoms with Gasteiger partial charge in [-0.1, -0.05) is 29.3 Å². The molecule has 0 bridgehead atoms. The SMILES string of the molecule is N#Cc1cccc(NCCC(=O)Nc2ccc(Cl)c(Cl)c2)c1. The molecule has 22 heavy (non-hydrogen) atoms. The maximum absolute atomic E-state index is 11.8. The predicted molar refractivity (Wildman–Crippen MR) is 89.4 cm³/mol. The number of hydrogen-bond acceptors (Lipinski definition) is 3. The van der Waals surface area contributed by atoms with E-state index in [1.807, 2.05) is 6.07 Å². The lowest BCUT2D eigenvalue weighted by Gasteiger charge is -2.08. The summed E-state index contributed by atoms with van der Waals surface area (Å²) in [6.07, 6.45) is 0.289. The molecule has 0 fully saturated rings. The minimum atomic E-state index is -0.137. The lowest BCUT2D eigenvalue weighted by Crippen LogP contribution is -2.16. The highest BCUT2D eigenvalue weighted by Gasteiger charge is 2.04. The van der Waals surface area contributed by atoms with Crippen LogP contribution in [0.4, 0.5) is 11.4 Å². The third-order valence-corrected chi connectivity index (χ3v) is 3.62. The van der Waals surface area contributed by atoms with Crippen molar-refractivity contribution >= 4 is 40.5 Å². The Morgan fingerprint density at radius 1 is 1.09 bits per heavy atom. The lowest BCUT2D eigenvalue weighted by atomic mass is 10.2. The molecule has 2 aromatic carbocycles. The number of amides is 1. The second kappa shape index (κ2) is 7.69. The highest BCUT2D eigenvalue weighted by atomic mass is 35.5. The first kappa shape index (κ1) is 16.2. The van der Waals surface area contributed by atoms with Gasteiger partial charge in [-0.25, -0.2) is 0 Å². The molecule has 112 valence electrons. The van der Waals surface area contributed by atoms with Crippen molar-refractivity contribution in [3.05, 3.63) is 58.1 Å². The monoisotopic (exact) mass is 333 g/mol. The van der Waals surface area contributed by atoms with E-state index >= 15 is 0 Å². The van der Waals surface area contributed by atoms with Crippen LogP contribution in [0.2, 0.25) is 10.0 Å². The second-order valence-corrected chi connectivity index (χ2v) is 5.36. The number of carbonyl (C=O) groups is 1. The van der Waals surface area contributed by atoms with Gasteiger partial charge in [0, 0.05) is 24.3 Å². The van der Waals surface area contributed by atoms with Crippen molar-refractivity contribution in [2.24, 2.45) is 0 Å². The molecule has 0 spiro atoms. The minimum Gasteiger partial charge on any atom is -0.384 e. The van der Waals surface area contributed by atoms with E-state index in [2.05, 4.69) is 16.7 Å². The summed E-state index contributed by atoms with van der Waals surface area (Å²) in [6, 6.07) is 14.1. The number of nitrogens with zero attached hydrogens (tertiary/aromatic N) is 1. The summed E-state index contributed by atoms with van der Waals surface area (Å²) in [5.74, 6) is -0.137. The Hall–Kier alpha value is -2.22. The number of rotatable bonds is 5. The summed E-state index contributed by atoms with van der Waals surface area (Å²) in [4.78, 5) is 11.8. The molecular weight excluding hydrogens is 321 g/mol. The average molecular weight is 334 g/mol. The van der Waals surface area contributed by atoms with E-state index in [1.165, 1.54) is 0 Å². The van der Waals surface area contributed by atoms with Crippen LogP contribution in [-0.2, 0) is 4.79 Å². The summed E-state index contributed by atoms with van der Waals surface area (Å²) >= 11 is 11.7. The lowest BCUT2D eigenvalue weighted by molar-refractivity contribution is -0.115. The van der Waals surface area contributed by atoms with E-state index in [9.17, 15) is 4.79 Å². The molecule has 0 aliphatic heterocycles. The van der Waals surface area contributed by atoms with Gasteiger partial charge in [-0.05, 0) is 36.4 Å². The van der Waals surface area contributed by atoms with Gasteiger partial charge in [-0.2, -0.15) is 5.26 Å². The van der Waals surface area contributed by atoms with Crippen molar-refractivity contribution in [3.8, 4) is 6.07 Å². The Labute approximate surface area is 138 Å². The quantitative estimate of drug-likeness (QED) is 0.856. The molecule has 0 heterocycles. The Morgan fingerprint density at radius 3 is 2.64 bits per heavy atom. The van der Waals surface area contributed by atoms with Crippen LogP contribution in [-0.4, -0.2) is 12.5 Å². The van der Waals surface area contributed by atoms with Gasteiger partial charge in [0.2, 0.25) is 5.91 Å². The number of nitrogens with one attached hydrogen (secondary N) is 2. The smallest absolute Gasteiger partial charge is 0.226 e. The Kier molecular flexibility index (Phi) is 5.65. The van der Waals surface area contributed by atoms with E-state index in [0.29, 0.717) is 27.8 Å². The van der Waals surface area contributed by atoms with Gasteiger partial charge in [0.05, 0.1) is 21.7 Å². The predicted octanol–water partition coefficient (Wildman–Crippen LogP) is 4.31. The molecule has 0 saturated heterocycles. The standard InChI is InChI=1S/C16H13Cl2N3O/c17-14-5-4-13(9-15(14)18)21-16(22)6-7-20-12-3-1-2-11(8-12)10-19/h1-5,8-9,20H,6-7H2,(H,21,22). The van der Waals surface area contributed by atoms with Gasteiger partial charge >= 0.3 is 0 Å². The van der Waals surface area contributed by atoms with Gasteiger partial charge in [-0.3, -0.25) is 4.79 Å². The van der Waals surface area contributed by atoms with Gasteiger partial charge in [0.1, 0.15) is 0 Å². The van der Waals surface area contributed by atoms with Crippen molar-refractivity contribution in [3.63, 3.8) is 0 Å². The fourth-order valence-corrected chi connectivity index (χ4v) is 2.11. The zero-order valence-electron chi connectivity index (χ0n) is 11.6. The highest BCUT2D eigenvalue weighted by molar-refractivity contribution is 6.42. The largest absolute Gasteiger partial charge is 0.384 e. The van der Waals surface area contributed by atoms with Crippen molar-refractivity contribution in [1.29, 1.82) is 5.26 Å². The van der Waals surface area contributed by atoms with Crippen LogP contribution < -0.4 is 10.6 Å². The van der Waals surface area contributed by atoms with Crippen molar-refractivity contribution in [1.82, 2.24) is 0 Å². The first-order valence-electron chi connectivity index (χ1n) is 6.57. The van der Waals surface area contributed by atoms with Crippen molar-refractivity contribution in [2.75, 3.05) is 17.2 Å². The zero-order valence-corrected chi connectivity index (χ0v) is 13.1. The molecule has 0 unspecified atom stereocenters. The fourth-order valence-electron chi connectivity index (χ4n) is 1.82. The maximum atomic E-state index is 11.8. The van der Waals surface area contributed by atoms with E-state index in [0.717, 1.165) is 5.69 Å². The number of anilines is 2. The normalized spacial score (nSPS) is 9.86. The summed E-state index contributed by atoms with van der Waals surface area (Å²) in [5.41, 5.74) is 1.98. The molecule has 0 saturated carbocycles. The molecule has 6 heteroatoms. The molecule has 2 rings (SSSR count). The third kappa shape index (κ3) is 4.66. The van der Waals surface area contributed by atoms with Crippen LogP contribution >= 0.6 is 23.2 Å². The topological polar surface area (TPSA) is 64.9 Å². The highest BCUT2D eigenvalue weighted by Crippen LogP contribution is 2.25. The first-order chi connectivity index (χ1) is 10.6. The Bertz CT molecular complexity index is 726. The minimum absolute atomic E-state index is 0.137. The average Bonchev–Trinajstić information content (AvgIpc) is 2.51. The van der Waals surface area contributed by atoms with Gasteiger partial charge in [0.25, 0.3) is 0 Å². The van der Waals surface area contributed by atoms with Crippen LogP contribution in [0.25, 0.3) is 0 Å². The molecule has 1 amide bonds. The van der Waals surface area contributed by atoms with Gasteiger partial charge in [-0.15, -0.1) is 0 Å². The van der Waals surface area contributed by atoms with Crippen molar-refractivity contribution in [2.45, 2.75) is 6.42 Å². The summed E-state index contributed by atoms with van der Waals surface area (Å²) in [5, 5.41) is 15.5. The molecule has 4 nitrogen and oxygen atoms in total. The third-order valence-electron chi connectivity index (χ3n) is 2.88. The van der Waals surface area contributed by atoms with Gasteiger partial charge < -0.3 is 10.6 Å². The zero-order chi connectivity index (χ0) is 15.9. The number of benzene rings is 2. The van der Waals surface area contributed by atoms with Crippen LogP contribution in [0.1, 0.15) is 12.0 Å². The van der Waals surface area contributed by atoms with E-state index in [4.69, 9.17) is 28.5 Å². The molecule has 0 aliphatic carbocycles. The van der Waals surface area contributed by atoms with E-state index in [1.54, 1.807) is 36.4 Å². The number of carbonyl (C=O) groups excluding carboxylic acids is 1. The molecule has 0 atom stereocenters. The molecule has 0 aliphatic rings. The summed E-state index contributed by atoms with van der Waals surface area (Å²) in [6.45, 7) is 0.460. The second-order valence-electron chi connectivity index (χ2n) is 4.55. The number of nitriles is 1. The first-order valence-corrected chi connectivity index (χ1v) is 7.33. The van der Waals surface area contributed by atoms with Crippen LogP contribution in [0.5, 0.6) is 0 Å². The molecule has 0 radical (unpaired) electrons. The number of hydrogen-bond donors (Lipinski definition) is 2. The Morgan fingerprint density at radius 2 is 1.91 bits per heavy atom. The van der Waals surface area contributed by atoms with Crippen LogP contribution in [0, 0.1) is 11.3 Å². The molecule has 2 aromatic rings. The molecular formula is C16H13Cl2N3O. The molecule has 0 aromatic heterocycles.